The molecule has 1 saturated carbocycles. The fraction of sp³-hybridized carbons (Fsp3) is 1.00. The lowest BCUT2D eigenvalue weighted by atomic mass is 9.93. The first kappa shape index (κ1) is 16.9. The summed E-state index contributed by atoms with van der Waals surface area (Å²) in [6, 6.07) is 0.803. The largest absolute Gasteiger partial charge is 0.394 e. The minimum atomic E-state index is -0.0938. The van der Waals surface area contributed by atoms with E-state index in [2.05, 4.69) is 31.1 Å². The molecular formula is C16H34N2O. The number of nitrogens with zero attached hydrogens (tertiary/aromatic N) is 1. The van der Waals surface area contributed by atoms with E-state index in [4.69, 9.17) is 0 Å². The lowest BCUT2D eigenvalue weighted by Crippen LogP contribution is -2.46. The zero-order valence-electron chi connectivity index (χ0n) is 13.2. The summed E-state index contributed by atoms with van der Waals surface area (Å²) < 4.78 is 0. The highest BCUT2D eigenvalue weighted by molar-refractivity contribution is 4.83. The molecule has 1 aliphatic rings. The van der Waals surface area contributed by atoms with Crippen LogP contribution in [-0.4, -0.2) is 48.3 Å². The summed E-state index contributed by atoms with van der Waals surface area (Å²) >= 11 is 0. The first-order valence-electron chi connectivity index (χ1n) is 8.17. The number of aliphatic hydroxyl groups excluding tert-OH is 1. The van der Waals surface area contributed by atoms with Gasteiger partial charge < -0.3 is 15.3 Å². The molecule has 0 amide bonds. The minimum Gasteiger partial charge on any atom is -0.394 e. The van der Waals surface area contributed by atoms with E-state index < -0.39 is 0 Å². The Morgan fingerprint density at radius 2 is 1.95 bits per heavy atom. The van der Waals surface area contributed by atoms with Gasteiger partial charge in [-0.15, -0.1) is 0 Å². The van der Waals surface area contributed by atoms with Crippen molar-refractivity contribution in [1.82, 2.24) is 10.2 Å². The zero-order valence-corrected chi connectivity index (χ0v) is 13.2. The predicted octanol–water partition coefficient (Wildman–Crippen LogP) is 2.78. The first-order valence-corrected chi connectivity index (χ1v) is 8.17. The first-order chi connectivity index (χ1) is 9.11. The summed E-state index contributed by atoms with van der Waals surface area (Å²) in [6.45, 7) is 6.70. The molecule has 0 saturated heterocycles. The van der Waals surface area contributed by atoms with E-state index in [1.54, 1.807) is 0 Å². The van der Waals surface area contributed by atoms with Gasteiger partial charge in [-0.25, -0.2) is 0 Å². The number of aliphatic hydroxyl groups is 1. The molecule has 0 spiro atoms. The van der Waals surface area contributed by atoms with Gasteiger partial charge in [-0.05, 0) is 59.2 Å². The van der Waals surface area contributed by atoms with Crippen LogP contribution < -0.4 is 5.32 Å². The fourth-order valence-corrected chi connectivity index (χ4v) is 3.07. The van der Waals surface area contributed by atoms with Crippen molar-refractivity contribution < 1.29 is 5.11 Å². The van der Waals surface area contributed by atoms with Gasteiger partial charge in [0.1, 0.15) is 0 Å². The number of hydrogen-bond donors (Lipinski definition) is 2. The molecule has 2 N–H and O–H groups in total. The lowest BCUT2D eigenvalue weighted by molar-refractivity contribution is 0.147. The zero-order chi connectivity index (χ0) is 14.1. The Labute approximate surface area is 119 Å². The van der Waals surface area contributed by atoms with Crippen molar-refractivity contribution in [2.75, 3.05) is 26.7 Å². The van der Waals surface area contributed by atoms with Crippen molar-refractivity contribution in [1.29, 1.82) is 0 Å². The Morgan fingerprint density at radius 3 is 2.53 bits per heavy atom. The van der Waals surface area contributed by atoms with E-state index >= 15 is 0 Å². The molecular weight excluding hydrogens is 236 g/mol. The molecule has 1 unspecified atom stereocenters. The van der Waals surface area contributed by atoms with Gasteiger partial charge in [-0.3, -0.25) is 0 Å². The normalized spacial score (nSPS) is 20.7. The van der Waals surface area contributed by atoms with E-state index in [1.807, 2.05) is 0 Å². The topological polar surface area (TPSA) is 35.5 Å². The number of hydrogen-bond acceptors (Lipinski definition) is 3. The second-order valence-corrected chi connectivity index (χ2v) is 6.52. The molecule has 0 bridgehead atoms. The van der Waals surface area contributed by atoms with Gasteiger partial charge in [0, 0.05) is 11.6 Å². The molecule has 114 valence electrons. The Balaban J connectivity index is 2.23. The van der Waals surface area contributed by atoms with Gasteiger partial charge in [-0.1, -0.05) is 26.2 Å². The summed E-state index contributed by atoms with van der Waals surface area (Å²) in [5.41, 5.74) is -0.0938. The molecule has 1 atom stereocenters. The maximum atomic E-state index is 9.55. The Morgan fingerprint density at radius 1 is 1.26 bits per heavy atom. The average molecular weight is 270 g/mol. The van der Waals surface area contributed by atoms with Gasteiger partial charge in [0.25, 0.3) is 0 Å². The molecule has 0 aliphatic heterocycles. The Kier molecular flexibility index (Phi) is 7.96. The molecule has 0 heterocycles. The molecule has 0 radical (unpaired) electrons. The van der Waals surface area contributed by atoms with E-state index in [0.29, 0.717) is 0 Å². The highest BCUT2D eigenvalue weighted by Crippen LogP contribution is 2.22. The van der Waals surface area contributed by atoms with Crippen LogP contribution >= 0.6 is 0 Å². The van der Waals surface area contributed by atoms with Crippen molar-refractivity contribution in [2.45, 2.75) is 76.8 Å². The van der Waals surface area contributed by atoms with Crippen LogP contribution in [0, 0.1) is 0 Å². The third-order valence-electron chi connectivity index (χ3n) is 4.59. The average Bonchev–Trinajstić information content (AvgIpc) is 2.46. The molecule has 1 aliphatic carbocycles. The molecule has 1 fully saturated rings. The molecule has 0 aromatic carbocycles. The van der Waals surface area contributed by atoms with Crippen LogP contribution in [0.1, 0.15) is 65.2 Å². The van der Waals surface area contributed by atoms with Gasteiger partial charge in [0.05, 0.1) is 6.61 Å². The van der Waals surface area contributed by atoms with E-state index in [-0.39, 0.29) is 12.1 Å². The summed E-state index contributed by atoms with van der Waals surface area (Å²) in [5.74, 6) is 0. The maximum absolute atomic E-state index is 9.55. The number of rotatable bonds is 9. The van der Waals surface area contributed by atoms with Crippen LogP contribution in [0.3, 0.4) is 0 Å². The second-order valence-electron chi connectivity index (χ2n) is 6.52. The molecule has 0 aromatic rings. The van der Waals surface area contributed by atoms with Crippen molar-refractivity contribution in [2.24, 2.45) is 0 Å². The van der Waals surface area contributed by atoms with Gasteiger partial charge in [0.2, 0.25) is 0 Å². The van der Waals surface area contributed by atoms with Crippen LogP contribution in [0.2, 0.25) is 0 Å². The summed E-state index contributed by atoms with van der Waals surface area (Å²) in [5, 5.41) is 13.0. The molecule has 3 heteroatoms. The fourth-order valence-electron chi connectivity index (χ4n) is 3.07. The Hall–Kier alpha value is -0.120. The minimum absolute atomic E-state index is 0.0938. The van der Waals surface area contributed by atoms with Crippen LogP contribution in [0.15, 0.2) is 0 Å². The van der Waals surface area contributed by atoms with Crippen molar-refractivity contribution in [3.63, 3.8) is 0 Å². The van der Waals surface area contributed by atoms with Gasteiger partial charge in [-0.2, -0.15) is 0 Å². The third-order valence-corrected chi connectivity index (χ3v) is 4.59. The lowest BCUT2D eigenvalue weighted by Gasteiger charge is -2.33. The smallest absolute Gasteiger partial charge is 0.0610 e. The second kappa shape index (κ2) is 8.93. The summed E-state index contributed by atoms with van der Waals surface area (Å²) in [4.78, 5) is 2.54. The van der Waals surface area contributed by atoms with Crippen molar-refractivity contribution in [3.05, 3.63) is 0 Å². The molecule has 3 nitrogen and oxygen atoms in total. The highest BCUT2D eigenvalue weighted by atomic mass is 16.3. The van der Waals surface area contributed by atoms with Crippen molar-refractivity contribution >= 4 is 0 Å². The SMILES string of the molecule is CCCNC(C)(CO)CCCN(C)C1CCCCC1. The standard InChI is InChI=1S/C16H34N2O/c1-4-12-17-16(2,14-19)11-8-13-18(3)15-9-6-5-7-10-15/h15,17,19H,4-14H2,1-3H3. The Bertz CT molecular complexity index is 229. The maximum Gasteiger partial charge on any atom is 0.0610 e. The van der Waals surface area contributed by atoms with Crippen LogP contribution in [-0.2, 0) is 0 Å². The third kappa shape index (κ3) is 6.24. The quantitative estimate of drug-likeness (QED) is 0.676. The van der Waals surface area contributed by atoms with Gasteiger partial charge in [0.15, 0.2) is 0 Å². The molecule has 19 heavy (non-hydrogen) atoms. The number of nitrogens with one attached hydrogen (secondary N) is 1. The van der Waals surface area contributed by atoms with Gasteiger partial charge >= 0.3 is 0 Å². The molecule has 0 aromatic heterocycles. The molecule has 1 rings (SSSR count). The van der Waals surface area contributed by atoms with E-state index in [9.17, 15) is 5.11 Å². The monoisotopic (exact) mass is 270 g/mol. The van der Waals surface area contributed by atoms with Crippen molar-refractivity contribution in [3.8, 4) is 0 Å². The summed E-state index contributed by atoms with van der Waals surface area (Å²) in [6.07, 6.45) is 10.3. The highest BCUT2D eigenvalue weighted by Gasteiger charge is 2.23. The predicted molar refractivity (Wildman–Crippen MR) is 82.5 cm³/mol. The van der Waals surface area contributed by atoms with E-state index in [1.165, 1.54) is 38.5 Å². The summed E-state index contributed by atoms with van der Waals surface area (Å²) in [7, 11) is 2.27. The van der Waals surface area contributed by atoms with Crippen LogP contribution in [0.5, 0.6) is 0 Å². The van der Waals surface area contributed by atoms with E-state index in [0.717, 1.165) is 32.0 Å². The van der Waals surface area contributed by atoms with Crippen LogP contribution in [0.4, 0.5) is 0 Å². The van der Waals surface area contributed by atoms with Crippen LogP contribution in [0.25, 0.3) is 0 Å².